The van der Waals surface area contributed by atoms with Gasteiger partial charge >= 0.3 is 0 Å². The van der Waals surface area contributed by atoms with Gasteiger partial charge in [-0.05, 0) is 52.6 Å². The van der Waals surface area contributed by atoms with Crippen LogP contribution in [-0.2, 0) is 0 Å². The third kappa shape index (κ3) is 1.75. The summed E-state index contributed by atoms with van der Waals surface area (Å²) in [5, 5.41) is 4.13. The molecule has 0 atom stereocenters. The number of hydrogen-bond acceptors (Lipinski definition) is 2. The molecule has 1 aromatic carbocycles. The molecule has 0 amide bonds. The summed E-state index contributed by atoms with van der Waals surface area (Å²) in [4.78, 5) is 10.7. The van der Waals surface area contributed by atoms with Gasteiger partial charge in [-0.15, -0.1) is 0 Å². The van der Waals surface area contributed by atoms with E-state index in [1.165, 1.54) is 5.56 Å². The van der Waals surface area contributed by atoms with Crippen LogP contribution in [-0.4, -0.2) is 6.29 Å². The molecule has 0 unspecified atom stereocenters. The molecule has 0 aliphatic carbocycles. The van der Waals surface area contributed by atoms with Gasteiger partial charge in [0, 0.05) is 5.56 Å². The van der Waals surface area contributed by atoms with Crippen LogP contribution in [0.2, 0.25) is 0 Å². The molecule has 0 aliphatic heterocycles. The predicted octanol–water partition coefficient (Wildman–Crippen LogP) is 3.54. The first kappa shape index (κ1) is 9.16. The first-order valence-electron chi connectivity index (χ1n) is 4.39. The van der Waals surface area contributed by atoms with Crippen LogP contribution in [0.5, 0.6) is 0 Å². The van der Waals surface area contributed by atoms with Crippen molar-refractivity contribution in [2.45, 2.75) is 6.92 Å². The van der Waals surface area contributed by atoms with E-state index in [1.807, 2.05) is 24.4 Å². The zero-order valence-corrected chi connectivity index (χ0v) is 8.67. The monoisotopic (exact) mass is 202 g/mol. The van der Waals surface area contributed by atoms with E-state index in [4.69, 9.17) is 0 Å². The first-order valence-corrected chi connectivity index (χ1v) is 5.33. The van der Waals surface area contributed by atoms with Gasteiger partial charge in [-0.25, -0.2) is 0 Å². The molecule has 1 aromatic heterocycles. The molecule has 0 fully saturated rings. The third-order valence-electron chi connectivity index (χ3n) is 2.09. The number of rotatable bonds is 2. The lowest BCUT2D eigenvalue weighted by molar-refractivity contribution is 0.112. The van der Waals surface area contributed by atoms with E-state index in [0.717, 1.165) is 23.0 Å². The van der Waals surface area contributed by atoms with Gasteiger partial charge in [-0.1, -0.05) is 6.07 Å². The molecule has 1 nitrogen and oxygen atoms in total. The van der Waals surface area contributed by atoms with Crippen molar-refractivity contribution in [3.05, 3.63) is 46.2 Å². The van der Waals surface area contributed by atoms with Crippen LogP contribution in [0, 0.1) is 6.92 Å². The van der Waals surface area contributed by atoms with Crippen LogP contribution in [0.25, 0.3) is 11.1 Å². The fourth-order valence-corrected chi connectivity index (χ4v) is 2.14. The second-order valence-electron chi connectivity index (χ2n) is 3.26. The maximum Gasteiger partial charge on any atom is 0.150 e. The third-order valence-corrected chi connectivity index (χ3v) is 2.77. The van der Waals surface area contributed by atoms with Crippen LogP contribution >= 0.6 is 11.3 Å². The Morgan fingerprint density at radius 2 is 2.07 bits per heavy atom. The molecular formula is C12H10OS. The number of thiophene rings is 1. The normalized spacial score (nSPS) is 10.1. The molecule has 2 heteroatoms. The molecular weight excluding hydrogens is 192 g/mol. The summed E-state index contributed by atoms with van der Waals surface area (Å²) >= 11 is 1.67. The molecule has 0 spiro atoms. The van der Waals surface area contributed by atoms with Crippen molar-refractivity contribution in [3.63, 3.8) is 0 Å². The fourth-order valence-electron chi connectivity index (χ4n) is 1.48. The smallest absolute Gasteiger partial charge is 0.150 e. The predicted molar refractivity (Wildman–Crippen MR) is 59.9 cm³/mol. The molecule has 2 aromatic rings. The van der Waals surface area contributed by atoms with E-state index in [1.54, 1.807) is 11.3 Å². The summed E-state index contributed by atoms with van der Waals surface area (Å²) in [6.07, 6.45) is 0.892. The summed E-state index contributed by atoms with van der Waals surface area (Å²) < 4.78 is 0. The largest absolute Gasteiger partial charge is 0.298 e. The molecule has 0 radical (unpaired) electrons. The van der Waals surface area contributed by atoms with E-state index in [0.29, 0.717) is 0 Å². The number of aryl methyl sites for hydroxylation is 1. The summed E-state index contributed by atoms with van der Waals surface area (Å²) in [6, 6.07) is 7.97. The summed E-state index contributed by atoms with van der Waals surface area (Å²) in [6.45, 7) is 2.00. The van der Waals surface area contributed by atoms with Crippen LogP contribution in [0.15, 0.2) is 35.0 Å². The lowest BCUT2D eigenvalue weighted by atomic mass is 10.0. The molecule has 14 heavy (non-hydrogen) atoms. The van der Waals surface area contributed by atoms with Crippen LogP contribution in [0.4, 0.5) is 0 Å². The second kappa shape index (κ2) is 3.76. The minimum Gasteiger partial charge on any atom is -0.298 e. The van der Waals surface area contributed by atoms with Gasteiger partial charge in [-0.2, -0.15) is 11.3 Å². The number of carbonyl (C=O) groups is 1. The summed E-state index contributed by atoms with van der Waals surface area (Å²) in [7, 11) is 0. The quantitative estimate of drug-likeness (QED) is 0.681. The highest BCUT2D eigenvalue weighted by atomic mass is 32.1. The van der Waals surface area contributed by atoms with Crippen molar-refractivity contribution < 1.29 is 4.79 Å². The van der Waals surface area contributed by atoms with Crippen molar-refractivity contribution >= 4 is 17.6 Å². The second-order valence-corrected chi connectivity index (χ2v) is 4.04. The van der Waals surface area contributed by atoms with Gasteiger partial charge in [0.15, 0.2) is 0 Å². The average Bonchev–Trinajstić information content (AvgIpc) is 2.69. The van der Waals surface area contributed by atoms with Gasteiger partial charge in [0.05, 0.1) is 0 Å². The van der Waals surface area contributed by atoms with E-state index < -0.39 is 0 Å². The average molecular weight is 202 g/mol. The van der Waals surface area contributed by atoms with Crippen molar-refractivity contribution in [3.8, 4) is 11.1 Å². The van der Waals surface area contributed by atoms with Crippen LogP contribution < -0.4 is 0 Å². The van der Waals surface area contributed by atoms with Crippen molar-refractivity contribution in [2.24, 2.45) is 0 Å². The number of carbonyl (C=O) groups excluding carboxylic acids is 1. The van der Waals surface area contributed by atoms with E-state index in [-0.39, 0.29) is 0 Å². The Bertz CT molecular complexity index is 443. The molecule has 70 valence electrons. The van der Waals surface area contributed by atoms with Gasteiger partial charge in [0.1, 0.15) is 6.29 Å². The van der Waals surface area contributed by atoms with E-state index >= 15 is 0 Å². The minimum atomic E-state index is 0.742. The summed E-state index contributed by atoms with van der Waals surface area (Å²) in [5.74, 6) is 0. The zero-order valence-electron chi connectivity index (χ0n) is 7.86. The van der Waals surface area contributed by atoms with Gasteiger partial charge in [0.2, 0.25) is 0 Å². The summed E-state index contributed by atoms with van der Waals surface area (Å²) in [5.41, 5.74) is 4.16. The molecule has 0 saturated heterocycles. The van der Waals surface area contributed by atoms with E-state index in [2.05, 4.69) is 17.5 Å². The Kier molecular flexibility index (Phi) is 2.46. The van der Waals surface area contributed by atoms with E-state index in [9.17, 15) is 4.79 Å². The fraction of sp³-hybridized carbons (Fsp3) is 0.0833. The molecule has 0 saturated carbocycles. The molecule has 1 heterocycles. The number of hydrogen-bond donors (Lipinski definition) is 0. The Labute approximate surface area is 87.0 Å². The zero-order chi connectivity index (χ0) is 9.97. The van der Waals surface area contributed by atoms with Crippen molar-refractivity contribution in [2.75, 3.05) is 0 Å². The van der Waals surface area contributed by atoms with Crippen molar-refractivity contribution in [1.82, 2.24) is 0 Å². The topological polar surface area (TPSA) is 17.1 Å². The Morgan fingerprint density at radius 1 is 1.21 bits per heavy atom. The molecule has 0 N–H and O–H groups in total. The SMILES string of the molecule is Cc1cc(C=O)cc(-c2ccsc2)c1. The van der Waals surface area contributed by atoms with Gasteiger partial charge in [-0.3, -0.25) is 4.79 Å². The Balaban J connectivity index is 2.54. The van der Waals surface area contributed by atoms with Crippen molar-refractivity contribution in [1.29, 1.82) is 0 Å². The maximum atomic E-state index is 10.7. The molecule has 2 rings (SSSR count). The van der Waals surface area contributed by atoms with Crippen LogP contribution in [0.1, 0.15) is 15.9 Å². The van der Waals surface area contributed by atoms with Crippen LogP contribution in [0.3, 0.4) is 0 Å². The highest BCUT2D eigenvalue weighted by Crippen LogP contribution is 2.23. The lowest BCUT2D eigenvalue weighted by Gasteiger charge is -2.01. The Hall–Kier alpha value is -1.41. The van der Waals surface area contributed by atoms with Gasteiger partial charge < -0.3 is 0 Å². The Morgan fingerprint density at radius 3 is 2.71 bits per heavy atom. The molecule has 0 bridgehead atoms. The lowest BCUT2D eigenvalue weighted by Crippen LogP contribution is -1.84. The first-order chi connectivity index (χ1) is 6.79. The standard InChI is InChI=1S/C12H10OS/c1-9-4-10(7-13)6-12(5-9)11-2-3-14-8-11/h2-8H,1H3. The number of aldehydes is 1. The van der Waals surface area contributed by atoms with Gasteiger partial charge in [0.25, 0.3) is 0 Å². The minimum absolute atomic E-state index is 0.742. The molecule has 0 aliphatic rings. The highest BCUT2D eigenvalue weighted by molar-refractivity contribution is 7.08. The highest BCUT2D eigenvalue weighted by Gasteiger charge is 2.00. The maximum absolute atomic E-state index is 10.7. The number of benzene rings is 1.